The van der Waals surface area contributed by atoms with E-state index < -0.39 is 0 Å². The Bertz CT molecular complexity index is 511. The Labute approximate surface area is 131 Å². The third-order valence-corrected chi connectivity index (χ3v) is 4.57. The maximum Gasteiger partial charge on any atom is 0.257 e. The van der Waals surface area contributed by atoms with Crippen LogP contribution in [0.5, 0.6) is 0 Å². The summed E-state index contributed by atoms with van der Waals surface area (Å²) in [4.78, 5) is 26.3. The van der Waals surface area contributed by atoms with Crippen molar-refractivity contribution in [3.05, 3.63) is 18.0 Å². The van der Waals surface area contributed by atoms with E-state index in [1.165, 1.54) is 0 Å². The minimum absolute atomic E-state index is 0.00147. The van der Waals surface area contributed by atoms with Gasteiger partial charge in [-0.1, -0.05) is 27.7 Å². The summed E-state index contributed by atoms with van der Waals surface area (Å²) in [6.45, 7) is 9.51. The molecule has 1 unspecified atom stereocenters. The maximum atomic E-state index is 12.3. The van der Waals surface area contributed by atoms with Gasteiger partial charge in [0, 0.05) is 31.2 Å². The van der Waals surface area contributed by atoms with E-state index in [1.54, 1.807) is 12.4 Å². The summed E-state index contributed by atoms with van der Waals surface area (Å²) in [7, 11) is 0. The predicted octanol–water partition coefficient (Wildman–Crippen LogP) is 1.81. The lowest BCUT2D eigenvalue weighted by Crippen LogP contribution is -2.48. The molecular weight excluding hydrogens is 280 g/mol. The highest BCUT2D eigenvalue weighted by atomic mass is 16.2. The number of hydrogen-bond donors (Lipinski definition) is 2. The molecule has 2 rings (SSSR count). The summed E-state index contributed by atoms with van der Waals surface area (Å²) < 4.78 is 0. The molecule has 1 atom stereocenters. The van der Waals surface area contributed by atoms with Gasteiger partial charge in [0.1, 0.15) is 0 Å². The van der Waals surface area contributed by atoms with Crippen LogP contribution >= 0.6 is 0 Å². The van der Waals surface area contributed by atoms with Gasteiger partial charge in [-0.3, -0.25) is 14.7 Å². The molecular formula is C16H26N4O2. The van der Waals surface area contributed by atoms with Gasteiger partial charge in [-0.25, -0.2) is 0 Å². The summed E-state index contributed by atoms with van der Waals surface area (Å²) in [5.74, 6) is 0.0757. The van der Waals surface area contributed by atoms with E-state index in [2.05, 4.69) is 36.3 Å². The second kappa shape index (κ2) is 6.50. The number of H-pyrrole nitrogens is 1. The fourth-order valence-electron chi connectivity index (χ4n) is 2.50. The average molecular weight is 306 g/mol. The second-order valence-corrected chi connectivity index (χ2v) is 7.15. The number of likely N-dealkylation sites (tertiary alicyclic amines) is 1. The molecule has 122 valence electrons. The summed E-state index contributed by atoms with van der Waals surface area (Å²) in [5, 5.41) is 9.59. The molecule has 1 aliphatic rings. The number of amides is 2. The molecule has 2 amide bonds. The number of hydrogen-bond acceptors (Lipinski definition) is 3. The Morgan fingerprint density at radius 1 is 1.36 bits per heavy atom. The largest absolute Gasteiger partial charge is 0.353 e. The number of rotatable bonds is 3. The summed E-state index contributed by atoms with van der Waals surface area (Å²) >= 11 is 0. The molecule has 2 N–H and O–H groups in total. The van der Waals surface area contributed by atoms with Crippen LogP contribution in [0.3, 0.4) is 0 Å². The van der Waals surface area contributed by atoms with Crippen LogP contribution in [0, 0.1) is 11.3 Å². The van der Waals surface area contributed by atoms with Crippen LogP contribution < -0.4 is 5.32 Å². The Morgan fingerprint density at radius 2 is 2.00 bits per heavy atom. The van der Waals surface area contributed by atoms with E-state index in [9.17, 15) is 9.59 Å². The first-order chi connectivity index (χ1) is 10.3. The van der Waals surface area contributed by atoms with Crippen molar-refractivity contribution in [3.8, 4) is 0 Å². The minimum atomic E-state index is -0.0396. The van der Waals surface area contributed by atoms with Gasteiger partial charge >= 0.3 is 0 Å². The topological polar surface area (TPSA) is 78.1 Å². The Hall–Kier alpha value is -1.85. The zero-order valence-electron chi connectivity index (χ0n) is 13.8. The van der Waals surface area contributed by atoms with Crippen molar-refractivity contribution in [2.75, 3.05) is 13.1 Å². The van der Waals surface area contributed by atoms with E-state index in [1.807, 2.05) is 11.8 Å². The van der Waals surface area contributed by atoms with Gasteiger partial charge in [0.2, 0.25) is 5.91 Å². The molecule has 6 heteroatoms. The zero-order valence-corrected chi connectivity index (χ0v) is 13.8. The highest BCUT2D eigenvalue weighted by Crippen LogP contribution is 2.26. The fraction of sp³-hybridized carbons (Fsp3) is 0.688. The van der Waals surface area contributed by atoms with Crippen LogP contribution in [0.15, 0.2) is 12.4 Å². The van der Waals surface area contributed by atoms with Gasteiger partial charge < -0.3 is 10.2 Å². The molecule has 22 heavy (non-hydrogen) atoms. The average Bonchev–Trinajstić information content (AvgIpc) is 2.99. The van der Waals surface area contributed by atoms with E-state index >= 15 is 0 Å². The number of nitrogens with zero attached hydrogens (tertiary/aromatic N) is 2. The first-order valence-corrected chi connectivity index (χ1v) is 7.87. The van der Waals surface area contributed by atoms with Crippen molar-refractivity contribution in [1.82, 2.24) is 20.4 Å². The lowest BCUT2D eigenvalue weighted by atomic mass is 9.81. The van der Waals surface area contributed by atoms with E-state index in [0.717, 1.165) is 12.8 Å². The summed E-state index contributed by atoms with van der Waals surface area (Å²) in [6.07, 6.45) is 4.75. The van der Waals surface area contributed by atoms with Gasteiger partial charge in [-0.15, -0.1) is 0 Å². The molecule has 0 aliphatic carbocycles. The lowest BCUT2D eigenvalue weighted by Gasteiger charge is -2.34. The third-order valence-electron chi connectivity index (χ3n) is 4.57. The molecule has 1 fully saturated rings. The second-order valence-electron chi connectivity index (χ2n) is 7.15. The third kappa shape index (κ3) is 3.87. The molecule has 0 aromatic carbocycles. The fourth-order valence-corrected chi connectivity index (χ4v) is 2.50. The normalized spacial score (nSPS) is 18.1. The van der Waals surface area contributed by atoms with Gasteiger partial charge in [-0.2, -0.15) is 5.10 Å². The zero-order chi connectivity index (χ0) is 16.3. The van der Waals surface area contributed by atoms with Crippen molar-refractivity contribution in [1.29, 1.82) is 0 Å². The van der Waals surface area contributed by atoms with Crippen molar-refractivity contribution >= 4 is 11.8 Å². The monoisotopic (exact) mass is 306 g/mol. The molecule has 6 nitrogen and oxygen atoms in total. The van der Waals surface area contributed by atoms with E-state index in [0.29, 0.717) is 18.7 Å². The molecule has 0 radical (unpaired) electrons. The Balaban J connectivity index is 1.83. The van der Waals surface area contributed by atoms with Crippen LogP contribution in [0.1, 0.15) is 50.9 Å². The number of carbonyl (C=O) groups excluding carboxylic acids is 2. The lowest BCUT2D eigenvalue weighted by molar-refractivity contribution is -0.128. The van der Waals surface area contributed by atoms with E-state index in [-0.39, 0.29) is 29.2 Å². The van der Waals surface area contributed by atoms with Crippen LogP contribution in [-0.2, 0) is 4.79 Å². The molecule has 0 bridgehead atoms. The first kappa shape index (κ1) is 16.5. The minimum Gasteiger partial charge on any atom is -0.353 e. The molecule has 2 heterocycles. The molecule has 1 saturated heterocycles. The van der Waals surface area contributed by atoms with Crippen molar-refractivity contribution < 1.29 is 9.59 Å². The van der Waals surface area contributed by atoms with Crippen molar-refractivity contribution in [3.63, 3.8) is 0 Å². The predicted molar refractivity (Wildman–Crippen MR) is 84.3 cm³/mol. The number of carbonyl (C=O) groups is 2. The van der Waals surface area contributed by atoms with Gasteiger partial charge in [0.15, 0.2) is 0 Å². The smallest absolute Gasteiger partial charge is 0.257 e. The maximum absolute atomic E-state index is 12.3. The quantitative estimate of drug-likeness (QED) is 0.894. The van der Waals surface area contributed by atoms with Crippen molar-refractivity contribution in [2.45, 2.75) is 46.6 Å². The van der Waals surface area contributed by atoms with Gasteiger partial charge in [0.05, 0.1) is 11.8 Å². The van der Waals surface area contributed by atoms with Crippen LogP contribution in [0.4, 0.5) is 0 Å². The van der Waals surface area contributed by atoms with Crippen LogP contribution in [0.2, 0.25) is 0 Å². The van der Waals surface area contributed by atoms with Crippen molar-refractivity contribution in [2.24, 2.45) is 11.3 Å². The van der Waals surface area contributed by atoms with E-state index in [4.69, 9.17) is 0 Å². The molecule has 0 saturated carbocycles. The highest BCUT2D eigenvalue weighted by molar-refractivity contribution is 5.93. The highest BCUT2D eigenvalue weighted by Gasteiger charge is 2.30. The number of nitrogens with one attached hydrogen (secondary N) is 2. The first-order valence-electron chi connectivity index (χ1n) is 7.87. The number of aromatic nitrogens is 2. The van der Waals surface area contributed by atoms with Gasteiger partial charge in [-0.05, 0) is 18.3 Å². The summed E-state index contributed by atoms with van der Waals surface area (Å²) in [6, 6.07) is 0.158. The Kier molecular flexibility index (Phi) is 4.88. The summed E-state index contributed by atoms with van der Waals surface area (Å²) in [5.41, 5.74) is 0.547. The van der Waals surface area contributed by atoms with Crippen LogP contribution in [0.25, 0.3) is 0 Å². The van der Waals surface area contributed by atoms with Gasteiger partial charge in [0.25, 0.3) is 5.91 Å². The standard InChI is InChI=1S/C16H26N4O2/c1-11(16(2,3)4)14(21)19-13-5-7-20(8-6-13)15(22)12-9-17-18-10-12/h9-11,13H,5-8H2,1-4H3,(H,17,18)(H,19,21). The number of aromatic amines is 1. The number of piperidine rings is 1. The molecule has 1 aromatic heterocycles. The molecule has 1 aliphatic heterocycles. The molecule has 1 aromatic rings. The van der Waals surface area contributed by atoms with Crippen LogP contribution in [-0.4, -0.2) is 46.0 Å². The molecule has 0 spiro atoms. The Morgan fingerprint density at radius 3 is 2.50 bits per heavy atom. The SMILES string of the molecule is CC(C(=O)NC1CCN(C(=O)c2cn[nH]c2)CC1)C(C)(C)C.